The predicted molar refractivity (Wildman–Crippen MR) is 107 cm³/mol. The molecule has 2 fully saturated rings. The molecular formula is C18H26ClFN4O3S. The van der Waals surface area contributed by atoms with E-state index in [-0.39, 0.29) is 18.1 Å². The molecule has 10 heteroatoms. The number of hydrogen-bond donors (Lipinski definition) is 1. The third kappa shape index (κ3) is 5.21. The highest BCUT2D eigenvalue weighted by atomic mass is 35.5. The van der Waals surface area contributed by atoms with Crippen molar-refractivity contribution in [1.82, 2.24) is 13.5 Å². The molecule has 1 N–H and O–H groups in total. The third-order valence-corrected chi connectivity index (χ3v) is 7.57. The molecule has 1 aromatic rings. The average molecular weight is 433 g/mol. The second-order valence-electron chi connectivity index (χ2n) is 7.44. The molecule has 0 spiro atoms. The average Bonchev–Trinajstić information content (AvgIpc) is 2.65. The summed E-state index contributed by atoms with van der Waals surface area (Å²) in [5.41, 5.74) is 0.0399. The Morgan fingerprint density at radius 1 is 1.14 bits per heavy atom. The predicted octanol–water partition coefficient (Wildman–Crippen LogP) is 2.01. The van der Waals surface area contributed by atoms with Crippen LogP contribution in [0.1, 0.15) is 19.8 Å². The molecule has 0 aromatic heterocycles. The maximum atomic E-state index is 13.7. The first-order chi connectivity index (χ1) is 13.3. The number of hydrogen-bond acceptors (Lipinski definition) is 4. The summed E-state index contributed by atoms with van der Waals surface area (Å²) in [6.45, 7) is 4.93. The van der Waals surface area contributed by atoms with Crippen LogP contribution in [0.25, 0.3) is 0 Å². The van der Waals surface area contributed by atoms with Gasteiger partial charge in [-0.05, 0) is 37.0 Å². The second-order valence-corrected chi connectivity index (χ2v) is 9.80. The third-order valence-electron chi connectivity index (χ3n) is 5.30. The first-order valence-corrected chi connectivity index (χ1v) is 11.3. The van der Waals surface area contributed by atoms with Gasteiger partial charge in [0, 0.05) is 44.3 Å². The minimum atomic E-state index is -3.44. The maximum absolute atomic E-state index is 13.7. The molecule has 3 rings (SSSR count). The largest absolute Gasteiger partial charge is 0.322 e. The van der Waals surface area contributed by atoms with Crippen LogP contribution in [0.2, 0.25) is 5.02 Å². The van der Waals surface area contributed by atoms with Crippen LogP contribution in [-0.2, 0) is 15.0 Å². The van der Waals surface area contributed by atoms with Crippen molar-refractivity contribution in [2.75, 3.05) is 51.1 Å². The number of benzene rings is 1. The van der Waals surface area contributed by atoms with Crippen molar-refractivity contribution in [1.29, 1.82) is 0 Å². The van der Waals surface area contributed by atoms with Crippen LogP contribution < -0.4 is 5.32 Å². The molecular weight excluding hydrogens is 407 g/mol. The molecule has 28 heavy (non-hydrogen) atoms. The van der Waals surface area contributed by atoms with Gasteiger partial charge in [0.15, 0.2) is 0 Å². The van der Waals surface area contributed by atoms with E-state index in [1.807, 2.05) is 4.90 Å². The number of carbonyl (C=O) groups is 1. The number of nitrogens with zero attached hydrogens (tertiary/aromatic N) is 3. The lowest BCUT2D eigenvalue weighted by Gasteiger charge is -2.38. The molecule has 0 atom stereocenters. The molecule has 0 unspecified atom stereocenters. The Morgan fingerprint density at radius 3 is 2.39 bits per heavy atom. The highest BCUT2D eigenvalue weighted by Crippen LogP contribution is 2.22. The van der Waals surface area contributed by atoms with Crippen LogP contribution in [0, 0.1) is 11.7 Å². The fourth-order valence-electron chi connectivity index (χ4n) is 3.48. The summed E-state index contributed by atoms with van der Waals surface area (Å²) in [5, 5.41) is 2.85. The van der Waals surface area contributed by atoms with E-state index in [1.165, 1.54) is 22.5 Å². The normalized spacial score (nSPS) is 21.0. The number of rotatable bonds is 5. The summed E-state index contributed by atoms with van der Waals surface area (Å²) in [5.74, 6) is -0.349. The Hall–Kier alpha value is -1.26. The number of piperidine rings is 1. The zero-order chi connectivity index (χ0) is 20.3. The minimum Gasteiger partial charge on any atom is -0.322 e. The molecule has 1 aromatic carbocycles. The molecule has 156 valence electrons. The fraction of sp³-hybridized carbons (Fsp3) is 0.611. The summed E-state index contributed by atoms with van der Waals surface area (Å²) in [6.07, 6.45) is 1.78. The van der Waals surface area contributed by atoms with Crippen molar-refractivity contribution in [3.8, 4) is 0 Å². The van der Waals surface area contributed by atoms with E-state index in [2.05, 4.69) is 12.2 Å². The van der Waals surface area contributed by atoms with E-state index in [4.69, 9.17) is 11.6 Å². The van der Waals surface area contributed by atoms with Crippen LogP contribution in [0.5, 0.6) is 0 Å². The van der Waals surface area contributed by atoms with Crippen molar-refractivity contribution < 1.29 is 17.6 Å². The molecule has 0 saturated carbocycles. The van der Waals surface area contributed by atoms with Gasteiger partial charge in [0.05, 0.1) is 12.2 Å². The summed E-state index contributed by atoms with van der Waals surface area (Å²) < 4.78 is 42.4. The number of piperazine rings is 1. The zero-order valence-electron chi connectivity index (χ0n) is 15.9. The van der Waals surface area contributed by atoms with Crippen molar-refractivity contribution in [2.24, 2.45) is 5.92 Å². The maximum Gasteiger partial charge on any atom is 0.282 e. The van der Waals surface area contributed by atoms with Crippen LogP contribution in [0.3, 0.4) is 0 Å². The molecule has 2 heterocycles. The molecule has 0 radical (unpaired) electrons. The molecule has 2 aliphatic rings. The summed E-state index contributed by atoms with van der Waals surface area (Å²) in [4.78, 5) is 14.1. The van der Waals surface area contributed by atoms with Gasteiger partial charge < -0.3 is 5.32 Å². The van der Waals surface area contributed by atoms with Crippen LogP contribution >= 0.6 is 11.6 Å². The molecule has 1 amide bonds. The fourth-order valence-corrected chi connectivity index (χ4v) is 5.28. The van der Waals surface area contributed by atoms with Crippen molar-refractivity contribution in [3.63, 3.8) is 0 Å². The molecule has 7 nitrogen and oxygen atoms in total. The Labute approximate surface area is 170 Å². The lowest BCUT2D eigenvalue weighted by Crippen LogP contribution is -2.55. The number of nitrogens with one attached hydrogen (secondary N) is 1. The van der Waals surface area contributed by atoms with E-state index < -0.39 is 16.0 Å². The van der Waals surface area contributed by atoms with Gasteiger partial charge in [0.25, 0.3) is 10.2 Å². The van der Waals surface area contributed by atoms with Gasteiger partial charge in [-0.1, -0.05) is 18.5 Å². The topological polar surface area (TPSA) is 73.0 Å². The number of amides is 1. The van der Waals surface area contributed by atoms with E-state index in [0.717, 1.165) is 12.8 Å². The SMILES string of the molecule is CC1CCN(S(=O)(=O)N2CCN(CC(=O)Nc3cc(Cl)ccc3F)CC2)CC1. The van der Waals surface area contributed by atoms with Gasteiger partial charge in [-0.3, -0.25) is 9.69 Å². The summed E-state index contributed by atoms with van der Waals surface area (Å²) in [6, 6.07) is 3.97. The lowest BCUT2D eigenvalue weighted by molar-refractivity contribution is -0.117. The quantitative estimate of drug-likeness (QED) is 0.772. The highest BCUT2D eigenvalue weighted by Gasteiger charge is 2.34. The van der Waals surface area contributed by atoms with Gasteiger partial charge in [0.2, 0.25) is 5.91 Å². The van der Waals surface area contributed by atoms with E-state index in [0.29, 0.717) is 50.2 Å². The number of anilines is 1. The van der Waals surface area contributed by atoms with E-state index in [1.54, 1.807) is 4.31 Å². The number of carbonyl (C=O) groups excluding carboxylic acids is 1. The standard InChI is InChI=1S/C18H26ClFN4O3S/c1-14-4-6-23(7-5-14)28(26,27)24-10-8-22(9-11-24)13-18(25)21-17-12-15(19)2-3-16(17)20/h2-3,12,14H,4-11,13H2,1H3,(H,21,25). The first kappa shape index (κ1) is 21.4. The van der Waals surface area contributed by atoms with Gasteiger partial charge in [-0.2, -0.15) is 17.0 Å². The van der Waals surface area contributed by atoms with Crippen LogP contribution in [0.4, 0.5) is 10.1 Å². The second kappa shape index (κ2) is 9.04. The Kier molecular flexibility index (Phi) is 6.93. The molecule has 2 aliphatic heterocycles. The zero-order valence-corrected chi connectivity index (χ0v) is 17.5. The van der Waals surface area contributed by atoms with Crippen LogP contribution in [0.15, 0.2) is 18.2 Å². The molecule has 0 bridgehead atoms. The van der Waals surface area contributed by atoms with Gasteiger partial charge in [-0.25, -0.2) is 4.39 Å². The summed E-state index contributed by atoms with van der Waals surface area (Å²) in [7, 11) is -3.44. The van der Waals surface area contributed by atoms with Gasteiger partial charge >= 0.3 is 0 Å². The van der Waals surface area contributed by atoms with Crippen LogP contribution in [-0.4, -0.2) is 73.6 Å². The first-order valence-electron chi connectivity index (χ1n) is 9.48. The highest BCUT2D eigenvalue weighted by molar-refractivity contribution is 7.86. The Morgan fingerprint density at radius 2 is 1.75 bits per heavy atom. The summed E-state index contributed by atoms with van der Waals surface area (Å²) >= 11 is 5.83. The minimum absolute atomic E-state index is 0.0399. The van der Waals surface area contributed by atoms with Crippen molar-refractivity contribution >= 4 is 33.4 Å². The monoisotopic (exact) mass is 432 g/mol. The van der Waals surface area contributed by atoms with Gasteiger partial charge in [0.1, 0.15) is 5.82 Å². The Bertz CT molecular complexity index is 807. The van der Waals surface area contributed by atoms with Gasteiger partial charge in [-0.15, -0.1) is 0 Å². The number of halogens is 2. The molecule has 0 aliphatic carbocycles. The Balaban J connectivity index is 1.49. The van der Waals surface area contributed by atoms with Crippen molar-refractivity contribution in [3.05, 3.63) is 29.0 Å². The van der Waals surface area contributed by atoms with E-state index >= 15 is 0 Å². The molecule has 2 saturated heterocycles. The van der Waals surface area contributed by atoms with E-state index in [9.17, 15) is 17.6 Å². The lowest BCUT2D eigenvalue weighted by atomic mass is 10.0. The smallest absolute Gasteiger partial charge is 0.282 e. The van der Waals surface area contributed by atoms with Crippen molar-refractivity contribution in [2.45, 2.75) is 19.8 Å².